The number of carboxylic acids is 1. The molecule has 5 aliphatic rings. The van der Waals surface area contributed by atoms with Crippen LogP contribution in [0.4, 0.5) is 9.93 Å². The molecular weight excluding hydrogens is 827 g/mol. The molecule has 342 valence electrons. The monoisotopic (exact) mass is 889 g/mol. The molecule has 0 radical (unpaired) electrons. The van der Waals surface area contributed by atoms with Crippen molar-refractivity contribution in [2.75, 3.05) is 51.3 Å². The van der Waals surface area contributed by atoms with E-state index in [1.165, 1.54) is 22.7 Å². The fraction of sp³-hybridized carbons (Fsp3) is 0.652. The Hall–Kier alpha value is -4.74. The molecule has 5 fully saturated rings. The number of thiazole rings is 1. The van der Waals surface area contributed by atoms with E-state index in [9.17, 15) is 24.3 Å². The van der Waals surface area contributed by atoms with Gasteiger partial charge in [-0.2, -0.15) is 0 Å². The number of primary amides is 1. The summed E-state index contributed by atoms with van der Waals surface area (Å²) in [5.74, 6) is 0.822. The van der Waals surface area contributed by atoms with Crippen LogP contribution < -0.4 is 25.8 Å². The van der Waals surface area contributed by atoms with Crippen molar-refractivity contribution in [1.29, 1.82) is 0 Å². The van der Waals surface area contributed by atoms with Gasteiger partial charge in [0.1, 0.15) is 48.1 Å². The van der Waals surface area contributed by atoms with E-state index < -0.39 is 42.1 Å². The standard InChI is InChI=1S/C46H63N7O9S/c1-27(2)48-45-50-39(26-63-45)38-24-41(34-11-10-31(22-37(34)49-38)60-17-14-52-12-15-59-16-13-52)61-33-23-40(42(47)54)53(25-33)43(55)36(51-46(58)62-32-19-29-18-30(29)20-32)9-7-5-3-4-6-8-28-21-35(28)44(56)57/h10-11,22,24,26-30,32-33,35-36,40H,3-9,12-21,23,25H2,1-2H3,(H2,47,54)(H,48,50)(H,51,58)(H,56,57)/t28-,29-,30+,32?,33?,35+,36+,40+/m1/s1. The number of hydrogen-bond acceptors (Lipinski definition) is 13. The third-order valence-electron chi connectivity index (χ3n) is 13.2. The summed E-state index contributed by atoms with van der Waals surface area (Å²) >= 11 is 1.49. The van der Waals surface area contributed by atoms with E-state index in [-0.39, 0.29) is 36.9 Å². The van der Waals surface area contributed by atoms with E-state index in [1.54, 1.807) is 0 Å². The smallest absolute Gasteiger partial charge is 0.408 e. The molecule has 2 aliphatic heterocycles. The average Bonchev–Trinajstić information content (AvgIpc) is 4.01. The van der Waals surface area contributed by atoms with Gasteiger partial charge < -0.3 is 45.3 Å². The first-order chi connectivity index (χ1) is 30.5. The molecule has 63 heavy (non-hydrogen) atoms. The maximum Gasteiger partial charge on any atom is 0.408 e. The Balaban J connectivity index is 0.956. The van der Waals surface area contributed by atoms with Gasteiger partial charge in [0.15, 0.2) is 5.13 Å². The first kappa shape index (κ1) is 44.9. The molecule has 3 aliphatic carbocycles. The Kier molecular flexibility index (Phi) is 14.5. The van der Waals surface area contributed by atoms with Gasteiger partial charge in [0.25, 0.3) is 0 Å². The number of fused-ring (bicyclic) bond motifs is 2. The number of nitrogens with one attached hydrogen (secondary N) is 2. The molecule has 0 spiro atoms. The average molecular weight is 890 g/mol. The van der Waals surface area contributed by atoms with Crippen molar-refractivity contribution < 1.29 is 43.2 Å². The maximum absolute atomic E-state index is 14.5. The lowest BCUT2D eigenvalue weighted by atomic mass is 10.0. The Morgan fingerprint density at radius 1 is 0.952 bits per heavy atom. The van der Waals surface area contributed by atoms with Gasteiger partial charge in [-0.05, 0) is 82.3 Å². The third kappa shape index (κ3) is 11.9. The summed E-state index contributed by atoms with van der Waals surface area (Å²) in [6.45, 7) is 8.68. The van der Waals surface area contributed by atoms with E-state index in [4.69, 9.17) is 34.6 Å². The summed E-state index contributed by atoms with van der Waals surface area (Å²) in [5.41, 5.74) is 7.91. The van der Waals surface area contributed by atoms with Gasteiger partial charge in [-0.1, -0.05) is 32.1 Å². The fourth-order valence-corrected chi connectivity index (χ4v) is 10.4. The second-order valence-corrected chi connectivity index (χ2v) is 19.3. The van der Waals surface area contributed by atoms with Gasteiger partial charge in [-0.3, -0.25) is 19.3 Å². The number of likely N-dealkylation sites (tertiary alicyclic amines) is 1. The van der Waals surface area contributed by atoms with Crippen molar-refractivity contribution in [1.82, 2.24) is 25.1 Å². The third-order valence-corrected chi connectivity index (χ3v) is 14.0. The van der Waals surface area contributed by atoms with Crippen LogP contribution in [0.1, 0.15) is 90.9 Å². The fourth-order valence-electron chi connectivity index (χ4n) is 9.59. The number of ether oxygens (including phenoxy) is 4. The molecule has 1 aromatic carbocycles. The molecule has 8 rings (SSSR count). The Morgan fingerprint density at radius 3 is 2.48 bits per heavy atom. The van der Waals surface area contributed by atoms with E-state index in [0.29, 0.717) is 59.7 Å². The molecule has 5 N–H and O–H groups in total. The first-order valence-electron chi connectivity index (χ1n) is 23.0. The van der Waals surface area contributed by atoms with Crippen LogP contribution in [0.2, 0.25) is 0 Å². The van der Waals surface area contributed by atoms with Crippen LogP contribution >= 0.6 is 11.3 Å². The number of pyridine rings is 1. The van der Waals surface area contributed by atoms with Gasteiger partial charge in [-0.15, -0.1) is 11.3 Å². The van der Waals surface area contributed by atoms with Gasteiger partial charge in [0, 0.05) is 55.0 Å². The molecule has 16 nitrogen and oxygen atoms in total. The predicted molar refractivity (Wildman–Crippen MR) is 238 cm³/mol. The number of unbranched alkanes of at least 4 members (excludes halogenated alkanes) is 4. The van der Waals surface area contributed by atoms with Crippen molar-refractivity contribution >= 4 is 51.2 Å². The number of amides is 3. The highest BCUT2D eigenvalue weighted by Gasteiger charge is 2.48. The minimum Gasteiger partial charge on any atom is -0.492 e. The van der Waals surface area contributed by atoms with Gasteiger partial charge in [0.2, 0.25) is 11.8 Å². The number of rotatable bonds is 22. The summed E-state index contributed by atoms with van der Waals surface area (Å²) in [6.07, 6.45) is 8.18. The number of carboxylic acid groups (broad SMARTS) is 1. The zero-order valence-corrected chi connectivity index (χ0v) is 37.3. The number of nitrogens with two attached hydrogens (primary N) is 1. The molecule has 8 atom stereocenters. The summed E-state index contributed by atoms with van der Waals surface area (Å²) in [5, 5.41) is 18.9. The van der Waals surface area contributed by atoms with Crippen molar-refractivity contribution in [2.45, 2.75) is 121 Å². The summed E-state index contributed by atoms with van der Waals surface area (Å²) in [7, 11) is 0. The van der Waals surface area contributed by atoms with E-state index >= 15 is 0 Å². The predicted octanol–water partition coefficient (Wildman–Crippen LogP) is 6.07. The van der Waals surface area contributed by atoms with Crippen LogP contribution in [-0.4, -0.2) is 125 Å². The lowest BCUT2D eigenvalue weighted by Gasteiger charge is -2.28. The van der Waals surface area contributed by atoms with Crippen LogP contribution in [0, 0.1) is 23.7 Å². The molecule has 2 aromatic heterocycles. The van der Waals surface area contributed by atoms with E-state index in [0.717, 1.165) is 94.7 Å². The Bertz CT molecular complexity index is 2090. The molecule has 3 saturated carbocycles. The summed E-state index contributed by atoms with van der Waals surface area (Å²) in [4.78, 5) is 65.6. The highest BCUT2D eigenvalue weighted by atomic mass is 32.1. The van der Waals surface area contributed by atoms with Crippen LogP contribution in [0.3, 0.4) is 0 Å². The number of anilines is 1. The number of carbonyl (C=O) groups is 4. The number of aliphatic carboxylic acids is 1. The number of aromatic nitrogens is 2. The molecule has 3 aromatic rings. The number of carbonyl (C=O) groups excluding carboxylic acids is 3. The lowest BCUT2D eigenvalue weighted by Crippen LogP contribution is -2.53. The van der Waals surface area contributed by atoms with Crippen molar-refractivity contribution in [3.05, 3.63) is 29.6 Å². The summed E-state index contributed by atoms with van der Waals surface area (Å²) < 4.78 is 24.2. The van der Waals surface area contributed by atoms with Crippen LogP contribution in [0.5, 0.6) is 11.5 Å². The van der Waals surface area contributed by atoms with Crippen LogP contribution in [0.25, 0.3) is 22.3 Å². The zero-order chi connectivity index (χ0) is 44.0. The Labute approximate surface area is 372 Å². The summed E-state index contributed by atoms with van der Waals surface area (Å²) in [6, 6.07) is 5.91. The van der Waals surface area contributed by atoms with Gasteiger partial charge in [0.05, 0.1) is 36.9 Å². The van der Waals surface area contributed by atoms with E-state index in [2.05, 4.69) is 29.4 Å². The maximum atomic E-state index is 14.5. The minimum absolute atomic E-state index is 0.0885. The van der Waals surface area contributed by atoms with E-state index in [1.807, 2.05) is 29.6 Å². The number of morpholine rings is 1. The van der Waals surface area contributed by atoms with Gasteiger partial charge in [-0.25, -0.2) is 14.8 Å². The quantitative estimate of drug-likeness (QED) is 0.0847. The highest BCUT2D eigenvalue weighted by Crippen LogP contribution is 2.52. The minimum atomic E-state index is -0.941. The Morgan fingerprint density at radius 2 is 1.73 bits per heavy atom. The van der Waals surface area contributed by atoms with Crippen molar-refractivity contribution in [3.63, 3.8) is 0 Å². The molecule has 4 heterocycles. The second kappa shape index (κ2) is 20.4. The highest BCUT2D eigenvalue weighted by molar-refractivity contribution is 7.14. The normalized spacial score (nSPS) is 25.7. The molecular formula is C46H63N7O9S. The molecule has 0 bridgehead atoms. The zero-order valence-electron chi connectivity index (χ0n) is 36.5. The topological polar surface area (TPSA) is 208 Å². The largest absolute Gasteiger partial charge is 0.492 e. The number of hydrogen-bond donors (Lipinski definition) is 4. The van der Waals surface area contributed by atoms with Crippen molar-refractivity contribution in [3.8, 4) is 22.9 Å². The number of nitrogens with zero attached hydrogens (tertiary/aromatic N) is 4. The van der Waals surface area contributed by atoms with Crippen LogP contribution in [-0.2, 0) is 23.9 Å². The number of alkyl carbamates (subject to hydrolysis) is 1. The van der Waals surface area contributed by atoms with Crippen LogP contribution in [0.15, 0.2) is 29.6 Å². The lowest BCUT2D eigenvalue weighted by molar-refractivity contribution is -0.139. The molecule has 2 unspecified atom stereocenters. The SMILES string of the molecule is CC(C)Nc1nc(-c2cc(OC3C[C@@H](C(N)=O)N(C(=O)[C@H](CCCCCCC[C@@H]4C[C@@H]4C(=O)O)NC(=O)OC4C[C@@H]5C[C@@H]5C4)C3)c3ccc(OCCN4CCOCC4)cc3n2)cs1. The molecule has 2 saturated heterocycles. The number of benzene rings is 1. The second-order valence-electron chi connectivity index (χ2n) is 18.4. The molecule has 3 amide bonds. The van der Waals surface area contributed by atoms with Gasteiger partial charge >= 0.3 is 12.1 Å². The van der Waals surface area contributed by atoms with Crippen molar-refractivity contribution in [2.24, 2.45) is 29.4 Å². The first-order valence-corrected chi connectivity index (χ1v) is 23.9. The molecule has 17 heteroatoms.